The number of benzene rings is 1. The molecule has 0 aliphatic heterocycles. The van der Waals surface area contributed by atoms with E-state index in [0.29, 0.717) is 17.0 Å². The summed E-state index contributed by atoms with van der Waals surface area (Å²) in [5.41, 5.74) is 0.889. The molecule has 2 aromatic heterocycles. The normalized spacial score (nSPS) is 11.1. The van der Waals surface area contributed by atoms with Gasteiger partial charge in [-0.1, -0.05) is 11.6 Å². The van der Waals surface area contributed by atoms with Crippen LogP contribution in [0.1, 0.15) is 0 Å². The van der Waals surface area contributed by atoms with Crippen molar-refractivity contribution in [2.45, 2.75) is 0 Å². The van der Waals surface area contributed by atoms with E-state index in [1.165, 1.54) is 18.5 Å². The van der Waals surface area contributed by atoms with Gasteiger partial charge in [0, 0.05) is 11.6 Å². The molecule has 0 amide bonds. The molecule has 90 valence electrons. The lowest BCUT2D eigenvalue weighted by Gasteiger charge is -2.00. The molecule has 0 bridgehead atoms. The molecule has 1 aromatic carbocycles. The van der Waals surface area contributed by atoms with Crippen LogP contribution in [0.25, 0.3) is 17.0 Å². The lowest BCUT2D eigenvalue weighted by Crippen LogP contribution is -1.92. The molecule has 0 N–H and O–H groups in total. The molecular formula is C11H5ClF2N4. The molecular weight excluding hydrogens is 262 g/mol. The van der Waals surface area contributed by atoms with Crippen LogP contribution in [0.4, 0.5) is 8.78 Å². The summed E-state index contributed by atoms with van der Waals surface area (Å²) in [7, 11) is 0. The van der Waals surface area contributed by atoms with Crippen LogP contribution in [0.15, 0.2) is 30.6 Å². The molecule has 3 rings (SSSR count). The average Bonchev–Trinajstić information content (AvgIpc) is 2.75. The Labute approximate surface area is 105 Å². The van der Waals surface area contributed by atoms with E-state index in [9.17, 15) is 8.78 Å². The third-order valence-corrected chi connectivity index (χ3v) is 2.65. The van der Waals surface area contributed by atoms with Crippen molar-refractivity contribution in [2.24, 2.45) is 0 Å². The molecule has 0 radical (unpaired) electrons. The molecule has 2 heterocycles. The van der Waals surface area contributed by atoms with E-state index in [4.69, 9.17) is 11.6 Å². The Morgan fingerprint density at radius 3 is 2.67 bits per heavy atom. The van der Waals surface area contributed by atoms with Gasteiger partial charge in [0.15, 0.2) is 23.1 Å². The zero-order valence-corrected chi connectivity index (χ0v) is 9.57. The molecule has 18 heavy (non-hydrogen) atoms. The summed E-state index contributed by atoms with van der Waals surface area (Å²) < 4.78 is 27.6. The standard InChI is InChI=1S/C11H5ClF2N4/c12-9-4-10-16-17-11(18(10)5-15-9)6-1-2-7(13)8(14)3-6/h1-5H. The van der Waals surface area contributed by atoms with Crippen molar-refractivity contribution >= 4 is 17.2 Å². The molecule has 0 spiro atoms. The second kappa shape index (κ2) is 3.99. The maximum absolute atomic E-state index is 13.2. The number of halogens is 3. The second-order valence-corrected chi connectivity index (χ2v) is 3.98. The number of hydrogen-bond acceptors (Lipinski definition) is 3. The molecule has 0 atom stereocenters. The lowest BCUT2D eigenvalue weighted by molar-refractivity contribution is 0.509. The SMILES string of the molecule is Fc1ccc(-c2nnc3cc(Cl)ncn23)cc1F. The van der Waals surface area contributed by atoms with Gasteiger partial charge in [-0.2, -0.15) is 0 Å². The molecule has 0 fully saturated rings. The van der Waals surface area contributed by atoms with Gasteiger partial charge in [-0.15, -0.1) is 10.2 Å². The zero-order valence-electron chi connectivity index (χ0n) is 8.81. The molecule has 7 heteroatoms. The van der Waals surface area contributed by atoms with Gasteiger partial charge in [-0.3, -0.25) is 4.40 Å². The van der Waals surface area contributed by atoms with Crippen LogP contribution in [-0.4, -0.2) is 19.6 Å². The van der Waals surface area contributed by atoms with Crippen molar-refractivity contribution in [3.8, 4) is 11.4 Å². The molecule has 0 aliphatic carbocycles. The van der Waals surface area contributed by atoms with Crippen LogP contribution < -0.4 is 0 Å². The molecule has 4 nitrogen and oxygen atoms in total. The van der Waals surface area contributed by atoms with E-state index < -0.39 is 11.6 Å². The molecule has 0 unspecified atom stereocenters. The van der Waals surface area contributed by atoms with E-state index in [1.54, 1.807) is 4.40 Å². The van der Waals surface area contributed by atoms with Crippen molar-refractivity contribution in [2.75, 3.05) is 0 Å². The van der Waals surface area contributed by atoms with Crippen molar-refractivity contribution in [3.05, 3.63) is 47.4 Å². The van der Waals surface area contributed by atoms with Gasteiger partial charge in [0.05, 0.1) is 0 Å². The topological polar surface area (TPSA) is 43.1 Å². The highest BCUT2D eigenvalue weighted by Crippen LogP contribution is 2.21. The summed E-state index contributed by atoms with van der Waals surface area (Å²) in [5.74, 6) is -1.48. The monoisotopic (exact) mass is 266 g/mol. The largest absolute Gasteiger partial charge is 0.265 e. The first-order chi connectivity index (χ1) is 8.65. The van der Waals surface area contributed by atoms with Crippen LogP contribution >= 0.6 is 11.6 Å². The Balaban J connectivity index is 2.22. The van der Waals surface area contributed by atoms with Crippen molar-refractivity contribution in [1.82, 2.24) is 19.6 Å². The summed E-state index contributed by atoms with van der Waals surface area (Å²) in [6, 6.07) is 5.04. The quantitative estimate of drug-likeness (QED) is 0.636. The minimum atomic E-state index is -0.939. The Kier molecular flexibility index (Phi) is 2.45. The van der Waals surface area contributed by atoms with Crippen molar-refractivity contribution < 1.29 is 8.78 Å². The van der Waals surface area contributed by atoms with Gasteiger partial charge in [-0.05, 0) is 18.2 Å². The fraction of sp³-hybridized carbons (Fsp3) is 0. The van der Waals surface area contributed by atoms with Gasteiger partial charge in [0.25, 0.3) is 0 Å². The van der Waals surface area contributed by atoms with Gasteiger partial charge in [0.1, 0.15) is 11.5 Å². The minimum absolute atomic E-state index is 0.284. The van der Waals surface area contributed by atoms with Gasteiger partial charge in [0.2, 0.25) is 0 Å². The first-order valence-corrected chi connectivity index (χ1v) is 5.34. The van der Waals surface area contributed by atoms with Crippen molar-refractivity contribution in [1.29, 1.82) is 0 Å². The third-order valence-electron chi connectivity index (χ3n) is 2.44. The summed E-state index contributed by atoms with van der Waals surface area (Å²) in [5, 5.41) is 8.07. The fourth-order valence-electron chi connectivity index (χ4n) is 1.60. The summed E-state index contributed by atoms with van der Waals surface area (Å²) in [6.45, 7) is 0. The Hall–Kier alpha value is -2.08. The maximum atomic E-state index is 13.2. The highest BCUT2D eigenvalue weighted by molar-refractivity contribution is 6.29. The van der Waals surface area contributed by atoms with E-state index in [2.05, 4.69) is 15.2 Å². The van der Waals surface area contributed by atoms with Gasteiger partial charge >= 0.3 is 0 Å². The van der Waals surface area contributed by atoms with E-state index in [0.717, 1.165) is 12.1 Å². The van der Waals surface area contributed by atoms with Crippen LogP contribution in [-0.2, 0) is 0 Å². The second-order valence-electron chi connectivity index (χ2n) is 3.59. The first-order valence-electron chi connectivity index (χ1n) is 4.97. The summed E-state index contributed by atoms with van der Waals surface area (Å²) in [4.78, 5) is 3.89. The number of aromatic nitrogens is 4. The number of hydrogen-bond donors (Lipinski definition) is 0. The number of rotatable bonds is 1. The van der Waals surface area contributed by atoms with E-state index in [-0.39, 0.29) is 5.15 Å². The highest BCUT2D eigenvalue weighted by Gasteiger charge is 2.11. The first kappa shape index (κ1) is 11.0. The predicted molar refractivity (Wildman–Crippen MR) is 61.1 cm³/mol. The van der Waals surface area contributed by atoms with E-state index in [1.807, 2.05) is 0 Å². The van der Waals surface area contributed by atoms with Crippen LogP contribution in [0, 0.1) is 11.6 Å². The molecule has 0 aliphatic rings. The summed E-state index contributed by atoms with van der Waals surface area (Å²) >= 11 is 5.72. The van der Waals surface area contributed by atoms with Gasteiger partial charge < -0.3 is 0 Å². The maximum Gasteiger partial charge on any atom is 0.169 e. The smallest absolute Gasteiger partial charge is 0.169 e. The number of fused-ring (bicyclic) bond motifs is 1. The predicted octanol–water partition coefficient (Wildman–Crippen LogP) is 2.72. The van der Waals surface area contributed by atoms with Gasteiger partial charge in [-0.25, -0.2) is 13.8 Å². The van der Waals surface area contributed by atoms with Crippen LogP contribution in [0.2, 0.25) is 5.15 Å². The van der Waals surface area contributed by atoms with Crippen LogP contribution in [0.5, 0.6) is 0 Å². The lowest BCUT2D eigenvalue weighted by atomic mass is 10.2. The van der Waals surface area contributed by atoms with E-state index >= 15 is 0 Å². The third kappa shape index (κ3) is 1.70. The summed E-state index contributed by atoms with van der Waals surface area (Å²) in [6.07, 6.45) is 1.42. The fourth-order valence-corrected chi connectivity index (χ4v) is 1.75. The minimum Gasteiger partial charge on any atom is -0.265 e. The van der Waals surface area contributed by atoms with Crippen molar-refractivity contribution in [3.63, 3.8) is 0 Å². The Bertz CT molecular complexity index is 741. The molecule has 0 saturated heterocycles. The van der Waals surface area contributed by atoms with Crippen LogP contribution in [0.3, 0.4) is 0 Å². The average molecular weight is 267 g/mol. The molecule has 3 aromatic rings. The number of nitrogens with zero attached hydrogens (tertiary/aromatic N) is 4. The molecule has 0 saturated carbocycles. The zero-order chi connectivity index (χ0) is 12.7. The Morgan fingerprint density at radius 2 is 1.89 bits per heavy atom. The highest BCUT2D eigenvalue weighted by atomic mass is 35.5. The Morgan fingerprint density at radius 1 is 1.06 bits per heavy atom.